The Morgan fingerprint density at radius 2 is 1.86 bits per heavy atom. The molecule has 1 spiro atoms. The van der Waals surface area contributed by atoms with E-state index in [4.69, 9.17) is 23.7 Å². The van der Waals surface area contributed by atoms with Gasteiger partial charge in [-0.25, -0.2) is 0 Å². The van der Waals surface area contributed by atoms with Gasteiger partial charge in [-0.05, 0) is 37.0 Å². The van der Waals surface area contributed by atoms with Crippen LogP contribution < -0.4 is 9.47 Å². The van der Waals surface area contributed by atoms with Crippen molar-refractivity contribution in [1.82, 2.24) is 4.90 Å². The van der Waals surface area contributed by atoms with Crippen LogP contribution in [0.3, 0.4) is 0 Å². The Morgan fingerprint density at radius 3 is 2.64 bits per heavy atom. The normalized spacial score (nSPS) is 27.4. The first-order chi connectivity index (χ1) is 13.7. The molecule has 0 aromatic heterocycles. The van der Waals surface area contributed by atoms with Crippen LogP contribution in [0.25, 0.3) is 0 Å². The molecule has 1 unspecified atom stereocenters. The summed E-state index contributed by atoms with van der Waals surface area (Å²) in [5.41, 5.74) is 1.21. The molecule has 1 aromatic rings. The van der Waals surface area contributed by atoms with Gasteiger partial charge in [0, 0.05) is 19.0 Å². The van der Waals surface area contributed by atoms with Gasteiger partial charge in [-0.2, -0.15) is 0 Å². The first-order valence-electron chi connectivity index (χ1n) is 10.6. The van der Waals surface area contributed by atoms with Crippen LogP contribution in [0.15, 0.2) is 18.2 Å². The van der Waals surface area contributed by atoms with E-state index in [1.54, 1.807) is 14.2 Å². The summed E-state index contributed by atoms with van der Waals surface area (Å²) in [6.45, 7) is 4.10. The van der Waals surface area contributed by atoms with E-state index in [9.17, 15) is 0 Å². The summed E-state index contributed by atoms with van der Waals surface area (Å²) in [5, 5.41) is 0. The van der Waals surface area contributed by atoms with E-state index >= 15 is 0 Å². The SMILES string of the molecule is COc1ccc(CCO[C@@H]2CCCCC2N2CCC3(C2)OCCO3)cc1OC. The van der Waals surface area contributed by atoms with Gasteiger partial charge in [0.2, 0.25) is 0 Å². The second kappa shape index (κ2) is 8.99. The van der Waals surface area contributed by atoms with E-state index in [-0.39, 0.29) is 5.79 Å². The summed E-state index contributed by atoms with van der Waals surface area (Å²) in [4.78, 5) is 2.55. The van der Waals surface area contributed by atoms with Gasteiger partial charge in [0.15, 0.2) is 17.3 Å². The van der Waals surface area contributed by atoms with Crippen LogP contribution in [0.1, 0.15) is 37.7 Å². The molecular formula is C22H33NO5. The number of methoxy groups -OCH3 is 2. The zero-order valence-corrected chi connectivity index (χ0v) is 17.2. The van der Waals surface area contributed by atoms with Gasteiger partial charge < -0.3 is 23.7 Å². The molecule has 4 rings (SSSR count). The quantitative estimate of drug-likeness (QED) is 0.712. The average molecular weight is 392 g/mol. The molecule has 3 fully saturated rings. The lowest BCUT2D eigenvalue weighted by Gasteiger charge is -2.38. The maximum atomic E-state index is 6.40. The molecule has 1 saturated carbocycles. The molecule has 28 heavy (non-hydrogen) atoms. The Morgan fingerprint density at radius 1 is 1.07 bits per heavy atom. The van der Waals surface area contributed by atoms with E-state index in [0.29, 0.717) is 12.1 Å². The van der Waals surface area contributed by atoms with Crippen molar-refractivity contribution in [3.8, 4) is 11.5 Å². The molecule has 156 valence electrons. The van der Waals surface area contributed by atoms with Gasteiger partial charge in [0.1, 0.15) is 0 Å². The predicted molar refractivity (Wildman–Crippen MR) is 106 cm³/mol. The molecule has 0 amide bonds. The third kappa shape index (κ3) is 4.30. The number of hydrogen-bond acceptors (Lipinski definition) is 6. The lowest BCUT2D eigenvalue weighted by molar-refractivity contribution is -0.149. The van der Waals surface area contributed by atoms with Gasteiger partial charge in [-0.15, -0.1) is 0 Å². The van der Waals surface area contributed by atoms with Gasteiger partial charge in [-0.3, -0.25) is 4.90 Å². The first kappa shape index (κ1) is 20.0. The van der Waals surface area contributed by atoms with Crippen molar-refractivity contribution in [3.05, 3.63) is 23.8 Å². The van der Waals surface area contributed by atoms with Crippen LogP contribution >= 0.6 is 0 Å². The molecule has 0 N–H and O–H groups in total. The fourth-order valence-electron chi connectivity index (χ4n) is 4.85. The number of benzene rings is 1. The molecule has 6 heteroatoms. The van der Waals surface area contributed by atoms with E-state index in [1.165, 1.54) is 24.8 Å². The molecule has 2 atom stereocenters. The van der Waals surface area contributed by atoms with Gasteiger partial charge in [-0.1, -0.05) is 18.9 Å². The van der Waals surface area contributed by atoms with Crippen LogP contribution in [0, 0.1) is 0 Å². The third-order valence-corrected chi connectivity index (χ3v) is 6.34. The fourth-order valence-corrected chi connectivity index (χ4v) is 4.85. The summed E-state index contributed by atoms with van der Waals surface area (Å²) in [6.07, 6.45) is 7.03. The molecule has 0 bridgehead atoms. The van der Waals surface area contributed by atoms with Crippen molar-refractivity contribution >= 4 is 0 Å². The lowest BCUT2D eigenvalue weighted by atomic mass is 9.91. The Bertz CT molecular complexity index is 646. The Kier molecular flexibility index (Phi) is 6.41. The molecule has 2 saturated heterocycles. The highest BCUT2D eigenvalue weighted by atomic mass is 16.7. The highest BCUT2D eigenvalue weighted by Crippen LogP contribution is 2.35. The summed E-state index contributed by atoms with van der Waals surface area (Å²) in [5.74, 6) is 1.19. The second-order valence-electron chi connectivity index (χ2n) is 8.03. The van der Waals surface area contributed by atoms with Gasteiger partial charge >= 0.3 is 0 Å². The minimum Gasteiger partial charge on any atom is -0.493 e. The molecule has 6 nitrogen and oxygen atoms in total. The predicted octanol–water partition coefficient (Wildman–Crippen LogP) is 3.02. The number of hydrogen-bond donors (Lipinski definition) is 0. The van der Waals surface area contributed by atoms with Crippen LogP contribution in [0.2, 0.25) is 0 Å². The molecular weight excluding hydrogens is 358 g/mol. The highest BCUT2D eigenvalue weighted by Gasteiger charge is 2.46. The molecule has 2 heterocycles. The van der Waals surface area contributed by atoms with E-state index < -0.39 is 0 Å². The Balaban J connectivity index is 1.32. The van der Waals surface area contributed by atoms with Crippen LogP contribution in [-0.4, -0.2) is 70.0 Å². The van der Waals surface area contributed by atoms with Crippen LogP contribution in [0.4, 0.5) is 0 Å². The molecule has 3 aliphatic rings. The second-order valence-corrected chi connectivity index (χ2v) is 8.03. The summed E-state index contributed by atoms with van der Waals surface area (Å²) < 4.78 is 28.9. The number of rotatable bonds is 7. The standard InChI is InChI=1S/C22H33NO5/c1-24-20-8-7-17(15-21(20)25-2)9-12-26-19-6-4-3-5-18(19)23-11-10-22(16-23)27-13-14-28-22/h7-8,15,18-19H,3-6,9-14,16H2,1-2H3/t18?,19-/m1/s1. The largest absolute Gasteiger partial charge is 0.493 e. The van der Waals surface area contributed by atoms with Gasteiger partial charge in [0.25, 0.3) is 0 Å². The van der Waals surface area contributed by atoms with Crippen LogP contribution in [0.5, 0.6) is 11.5 Å². The highest BCUT2D eigenvalue weighted by molar-refractivity contribution is 5.42. The summed E-state index contributed by atoms with van der Waals surface area (Å²) >= 11 is 0. The van der Waals surface area contributed by atoms with Crippen molar-refractivity contribution in [3.63, 3.8) is 0 Å². The van der Waals surface area contributed by atoms with E-state index in [2.05, 4.69) is 11.0 Å². The van der Waals surface area contributed by atoms with Crippen LogP contribution in [-0.2, 0) is 20.6 Å². The van der Waals surface area contributed by atoms with Crippen molar-refractivity contribution in [2.45, 2.75) is 56.5 Å². The minimum atomic E-state index is -0.346. The topological polar surface area (TPSA) is 49.4 Å². The summed E-state index contributed by atoms with van der Waals surface area (Å²) in [7, 11) is 3.33. The molecule has 1 aromatic carbocycles. The first-order valence-corrected chi connectivity index (χ1v) is 10.6. The Labute approximate surface area is 168 Å². The maximum Gasteiger partial charge on any atom is 0.182 e. The van der Waals surface area contributed by atoms with E-state index in [0.717, 1.165) is 63.7 Å². The molecule has 0 radical (unpaired) electrons. The number of ether oxygens (including phenoxy) is 5. The maximum absolute atomic E-state index is 6.40. The van der Waals surface area contributed by atoms with E-state index in [1.807, 2.05) is 12.1 Å². The minimum absolute atomic E-state index is 0.297. The van der Waals surface area contributed by atoms with Crippen molar-refractivity contribution in [1.29, 1.82) is 0 Å². The average Bonchev–Trinajstić information content (AvgIpc) is 3.38. The Hall–Kier alpha value is -1.34. The third-order valence-electron chi connectivity index (χ3n) is 6.34. The number of nitrogens with zero attached hydrogens (tertiary/aromatic N) is 1. The zero-order valence-electron chi connectivity index (χ0n) is 17.2. The smallest absolute Gasteiger partial charge is 0.182 e. The van der Waals surface area contributed by atoms with Gasteiger partial charge in [0.05, 0.1) is 46.7 Å². The molecule has 2 aliphatic heterocycles. The monoisotopic (exact) mass is 391 g/mol. The van der Waals surface area contributed by atoms with Crippen molar-refractivity contribution in [2.75, 3.05) is 47.1 Å². The lowest BCUT2D eigenvalue weighted by Crippen LogP contribution is -2.47. The summed E-state index contributed by atoms with van der Waals surface area (Å²) in [6, 6.07) is 6.57. The van der Waals surface area contributed by atoms with Crippen molar-refractivity contribution < 1.29 is 23.7 Å². The molecule has 1 aliphatic carbocycles. The fraction of sp³-hybridized carbons (Fsp3) is 0.727. The van der Waals surface area contributed by atoms with Crippen molar-refractivity contribution in [2.24, 2.45) is 0 Å². The zero-order chi connectivity index (χ0) is 19.4. The number of likely N-dealkylation sites (tertiary alicyclic amines) is 1.